The molecule has 1 saturated heterocycles. The van der Waals surface area contributed by atoms with Gasteiger partial charge in [-0.25, -0.2) is 0 Å². The lowest BCUT2D eigenvalue weighted by Gasteiger charge is -2.21. The van der Waals surface area contributed by atoms with Gasteiger partial charge in [0.25, 0.3) is 0 Å². The molecule has 1 N–H and O–H groups in total. The highest BCUT2D eigenvalue weighted by molar-refractivity contribution is 5.12. The first-order valence-corrected chi connectivity index (χ1v) is 4.18. The summed E-state index contributed by atoms with van der Waals surface area (Å²) in [5.41, 5.74) is -0.330. The minimum Gasteiger partial charge on any atom is -0.303 e. The molecule has 0 bridgehead atoms. The second-order valence-electron chi connectivity index (χ2n) is 3.35. The molecular formula is C9H15N3. The largest absolute Gasteiger partial charge is 0.303 e. The highest BCUT2D eigenvalue weighted by Crippen LogP contribution is 2.18. The highest BCUT2D eigenvalue weighted by atomic mass is 15.2. The fraction of sp³-hybridized carbons (Fsp3) is 0.667. The van der Waals surface area contributed by atoms with Gasteiger partial charge in [0.2, 0.25) is 0 Å². The number of rotatable bonds is 3. The van der Waals surface area contributed by atoms with Gasteiger partial charge in [-0.15, -0.1) is 6.58 Å². The Morgan fingerprint density at radius 1 is 1.83 bits per heavy atom. The Balaban J connectivity index is 2.53. The van der Waals surface area contributed by atoms with E-state index >= 15 is 0 Å². The minimum atomic E-state index is -0.330. The first-order chi connectivity index (χ1) is 5.72. The monoisotopic (exact) mass is 165 g/mol. The van der Waals surface area contributed by atoms with Crippen LogP contribution >= 0.6 is 0 Å². The van der Waals surface area contributed by atoms with E-state index in [9.17, 15) is 0 Å². The Morgan fingerprint density at radius 2 is 2.58 bits per heavy atom. The molecular weight excluding hydrogens is 150 g/mol. The molecule has 0 radical (unpaired) electrons. The SMILES string of the molecule is C=CCNC1(C#N)CCN(C)C1. The molecule has 1 fully saturated rings. The Hall–Kier alpha value is -0.850. The third-order valence-corrected chi connectivity index (χ3v) is 2.26. The molecule has 12 heavy (non-hydrogen) atoms. The number of hydrogen-bond acceptors (Lipinski definition) is 3. The molecule has 3 heteroatoms. The predicted octanol–water partition coefficient (Wildman–Crippen LogP) is 0.360. The summed E-state index contributed by atoms with van der Waals surface area (Å²) in [6.07, 6.45) is 2.70. The smallest absolute Gasteiger partial charge is 0.121 e. The molecule has 0 aromatic rings. The first-order valence-electron chi connectivity index (χ1n) is 4.18. The molecule has 0 aromatic carbocycles. The third kappa shape index (κ3) is 1.84. The Bertz CT molecular complexity index is 206. The summed E-state index contributed by atoms with van der Waals surface area (Å²) in [4.78, 5) is 2.17. The van der Waals surface area contributed by atoms with Crippen molar-refractivity contribution in [2.45, 2.75) is 12.0 Å². The van der Waals surface area contributed by atoms with Gasteiger partial charge in [0.15, 0.2) is 0 Å². The second-order valence-corrected chi connectivity index (χ2v) is 3.35. The van der Waals surface area contributed by atoms with Crippen molar-refractivity contribution in [1.29, 1.82) is 5.26 Å². The van der Waals surface area contributed by atoms with Crippen LogP contribution in [0, 0.1) is 11.3 Å². The lowest BCUT2D eigenvalue weighted by Crippen LogP contribution is -2.45. The van der Waals surface area contributed by atoms with Crippen LogP contribution in [0.3, 0.4) is 0 Å². The van der Waals surface area contributed by atoms with Gasteiger partial charge in [-0.3, -0.25) is 5.32 Å². The van der Waals surface area contributed by atoms with Gasteiger partial charge in [-0.1, -0.05) is 6.08 Å². The average molecular weight is 165 g/mol. The van der Waals surface area contributed by atoms with Gasteiger partial charge in [-0.05, 0) is 13.5 Å². The van der Waals surface area contributed by atoms with Crippen LogP contribution < -0.4 is 5.32 Å². The zero-order valence-electron chi connectivity index (χ0n) is 7.51. The predicted molar refractivity (Wildman–Crippen MR) is 48.7 cm³/mol. The van der Waals surface area contributed by atoms with E-state index < -0.39 is 0 Å². The molecule has 66 valence electrons. The summed E-state index contributed by atoms with van der Waals surface area (Å²) < 4.78 is 0. The minimum absolute atomic E-state index is 0.330. The summed E-state index contributed by atoms with van der Waals surface area (Å²) in [5, 5.41) is 12.2. The number of nitrogens with one attached hydrogen (secondary N) is 1. The number of likely N-dealkylation sites (tertiary alicyclic amines) is 1. The van der Waals surface area contributed by atoms with Crippen molar-refractivity contribution < 1.29 is 0 Å². The van der Waals surface area contributed by atoms with Crippen molar-refractivity contribution in [1.82, 2.24) is 10.2 Å². The van der Waals surface area contributed by atoms with E-state index in [-0.39, 0.29) is 5.54 Å². The molecule has 0 spiro atoms. The zero-order chi connectivity index (χ0) is 9.03. The van der Waals surface area contributed by atoms with Gasteiger partial charge in [0, 0.05) is 19.6 Å². The molecule has 1 aliphatic heterocycles. The summed E-state index contributed by atoms with van der Waals surface area (Å²) >= 11 is 0. The molecule has 1 aliphatic rings. The van der Waals surface area contributed by atoms with Crippen LogP contribution in [-0.2, 0) is 0 Å². The van der Waals surface area contributed by atoms with E-state index in [1.54, 1.807) is 6.08 Å². The van der Waals surface area contributed by atoms with Crippen LogP contribution in [0.5, 0.6) is 0 Å². The van der Waals surface area contributed by atoms with E-state index in [0.717, 1.165) is 19.5 Å². The topological polar surface area (TPSA) is 39.1 Å². The summed E-state index contributed by atoms with van der Waals surface area (Å²) in [6, 6.07) is 2.34. The van der Waals surface area contributed by atoms with E-state index in [1.165, 1.54) is 0 Å². The summed E-state index contributed by atoms with van der Waals surface area (Å²) in [6.45, 7) is 6.14. The van der Waals surface area contributed by atoms with Crippen LogP contribution in [-0.4, -0.2) is 37.1 Å². The second kappa shape index (κ2) is 3.70. The Kier molecular flexibility index (Phi) is 2.85. The first kappa shape index (κ1) is 9.24. The number of likely N-dealkylation sites (N-methyl/N-ethyl adjacent to an activating group) is 1. The Morgan fingerprint density at radius 3 is 3.00 bits per heavy atom. The highest BCUT2D eigenvalue weighted by Gasteiger charge is 2.35. The molecule has 0 aliphatic carbocycles. The van der Waals surface area contributed by atoms with Crippen molar-refractivity contribution in [3.8, 4) is 6.07 Å². The van der Waals surface area contributed by atoms with Crippen molar-refractivity contribution in [3.05, 3.63) is 12.7 Å². The molecule has 0 saturated carbocycles. The fourth-order valence-corrected chi connectivity index (χ4v) is 1.54. The molecule has 1 rings (SSSR count). The van der Waals surface area contributed by atoms with Crippen LogP contribution in [0.4, 0.5) is 0 Å². The lowest BCUT2D eigenvalue weighted by atomic mass is 10.0. The molecule has 1 atom stereocenters. The van der Waals surface area contributed by atoms with Gasteiger partial charge in [0.1, 0.15) is 5.54 Å². The zero-order valence-corrected chi connectivity index (χ0v) is 7.51. The number of hydrogen-bond donors (Lipinski definition) is 1. The fourth-order valence-electron chi connectivity index (χ4n) is 1.54. The Labute approximate surface area is 73.7 Å². The van der Waals surface area contributed by atoms with E-state index in [1.807, 2.05) is 7.05 Å². The van der Waals surface area contributed by atoms with E-state index in [4.69, 9.17) is 5.26 Å². The normalized spacial score (nSPS) is 30.0. The van der Waals surface area contributed by atoms with Gasteiger partial charge >= 0.3 is 0 Å². The van der Waals surface area contributed by atoms with Crippen molar-refractivity contribution >= 4 is 0 Å². The van der Waals surface area contributed by atoms with Crippen molar-refractivity contribution in [3.63, 3.8) is 0 Å². The summed E-state index contributed by atoms with van der Waals surface area (Å²) in [7, 11) is 2.04. The lowest BCUT2D eigenvalue weighted by molar-refractivity contribution is 0.372. The maximum atomic E-state index is 8.99. The van der Waals surface area contributed by atoms with Crippen molar-refractivity contribution in [2.24, 2.45) is 0 Å². The van der Waals surface area contributed by atoms with Gasteiger partial charge < -0.3 is 4.90 Å². The van der Waals surface area contributed by atoms with Crippen LogP contribution in [0.25, 0.3) is 0 Å². The molecule has 1 unspecified atom stereocenters. The molecule has 3 nitrogen and oxygen atoms in total. The third-order valence-electron chi connectivity index (χ3n) is 2.26. The quantitative estimate of drug-likeness (QED) is 0.614. The standard InChI is InChI=1S/C9H15N3/c1-3-5-11-9(7-10)4-6-12(2)8-9/h3,11H,1,4-6,8H2,2H3. The molecule has 0 amide bonds. The van der Waals surface area contributed by atoms with E-state index in [2.05, 4.69) is 22.9 Å². The van der Waals surface area contributed by atoms with Crippen LogP contribution in [0.1, 0.15) is 6.42 Å². The van der Waals surface area contributed by atoms with Crippen LogP contribution in [0.2, 0.25) is 0 Å². The van der Waals surface area contributed by atoms with Crippen molar-refractivity contribution in [2.75, 3.05) is 26.7 Å². The molecule has 1 heterocycles. The maximum Gasteiger partial charge on any atom is 0.121 e. The number of nitriles is 1. The maximum absolute atomic E-state index is 8.99. The van der Waals surface area contributed by atoms with Gasteiger partial charge in [-0.2, -0.15) is 5.26 Å². The average Bonchev–Trinajstić information content (AvgIpc) is 2.45. The van der Waals surface area contributed by atoms with Gasteiger partial charge in [0.05, 0.1) is 6.07 Å². The van der Waals surface area contributed by atoms with Crippen LogP contribution in [0.15, 0.2) is 12.7 Å². The summed E-state index contributed by atoms with van der Waals surface area (Å²) in [5.74, 6) is 0. The van der Waals surface area contributed by atoms with E-state index in [0.29, 0.717) is 6.54 Å². The molecule has 0 aromatic heterocycles. The number of nitrogens with zero attached hydrogens (tertiary/aromatic N) is 2.